The Balaban J connectivity index is 1.62. The normalized spacial score (nSPS) is 10.4. The number of carbonyl (C=O) groups excluding carboxylic acids is 2. The summed E-state index contributed by atoms with van der Waals surface area (Å²) in [5.74, 6) is -0.159. The van der Waals surface area contributed by atoms with E-state index >= 15 is 0 Å². The number of anilines is 1. The van der Waals surface area contributed by atoms with E-state index in [-0.39, 0.29) is 24.9 Å². The summed E-state index contributed by atoms with van der Waals surface area (Å²) in [6.45, 7) is 0.281. The Hall–Kier alpha value is -3.35. The Labute approximate surface area is 145 Å². The van der Waals surface area contributed by atoms with Gasteiger partial charge in [0, 0.05) is 31.1 Å². The van der Waals surface area contributed by atoms with E-state index < -0.39 is 0 Å². The minimum Gasteiger partial charge on any atom is -0.341 e. The van der Waals surface area contributed by atoms with Crippen LogP contribution in [0.2, 0.25) is 0 Å². The molecule has 7 heteroatoms. The molecule has 25 heavy (non-hydrogen) atoms. The topological polar surface area (TPSA) is 88.0 Å². The van der Waals surface area contributed by atoms with Gasteiger partial charge < -0.3 is 16.0 Å². The highest BCUT2D eigenvalue weighted by molar-refractivity contribution is 5.91. The first-order valence-corrected chi connectivity index (χ1v) is 7.96. The van der Waals surface area contributed by atoms with Crippen LogP contribution in [0.5, 0.6) is 0 Å². The van der Waals surface area contributed by atoms with Gasteiger partial charge in [0.1, 0.15) is 0 Å². The fourth-order valence-corrected chi connectivity index (χ4v) is 2.46. The SMILES string of the molecule is CNC(=O)NCCC(=O)Nc1ccc(-n2ncc3ccccc32)cc1. The van der Waals surface area contributed by atoms with Gasteiger partial charge >= 0.3 is 6.03 Å². The summed E-state index contributed by atoms with van der Waals surface area (Å²) in [5, 5.41) is 13.3. The zero-order valence-electron chi connectivity index (χ0n) is 13.8. The Morgan fingerprint density at radius 2 is 1.84 bits per heavy atom. The molecule has 7 nitrogen and oxygen atoms in total. The predicted molar refractivity (Wildman–Crippen MR) is 96.8 cm³/mol. The molecule has 0 aliphatic heterocycles. The number of para-hydroxylation sites is 1. The van der Waals surface area contributed by atoms with Crippen LogP contribution in [0.15, 0.2) is 54.7 Å². The molecular formula is C18H19N5O2. The van der Waals surface area contributed by atoms with E-state index in [0.717, 1.165) is 16.6 Å². The number of aromatic nitrogens is 2. The van der Waals surface area contributed by atoms with Crippen LogP contribution in [0, 0.1) is 0 Å². The van der Waals surface area contributed by atoms with Gasteiger partial charge in [-0.05, 0) is 30.3 Å². The van der Waals surface area contributed by atoms with Crippen LogP contribution in [0.3, 0.4) is 0 Å². The lowest BCUT2D eigenvalue weighted by Crippen LogP contribution is -2.34. The molecule has 128 valence electrons. The van der Waals surface area contributed by atoms with Crippen LogP contribution in [-0.2, 0) is 4.79 Å². The van der Waals surface area contributed by atoms with Gasteiger partial charge in [-0.1, -0.05) is 18.2 Å². The highest BCUT2D eigenvalue weighted by atomic mass is 16.2. The summed E-state index contributed by atoms with van der Waals surface area (Å²) < 4.78 is 1.86. The third kappa shape index (κ3) is 3.95. The average molecular weight is 337 g/mol. The number of benzene rings is 2. The Morgan fingerprint density at radius 3 is 2.60 bits per heavy atom. The first-order valence-electron chi connectivity index (χ1n) is 7.96. The maximum atomic E-state index is 11.9. The van der Waals surface area contributed by atoms with Gasteiger partial charge in [-0.25, -0.2) is 9.48 Å². The second-order valence-corrected chi connectivity index (χ2v) is 5.47. The molecule has 0 spiro atoms. The standard InChI is InChI=1S/C18H19N5O2/c1-19-18(25)20-11-10-17(24)22-14-6-8-15(9-7-14)23-16-5-3-2-4-13(16)12-21-23/h2-9,12H,10-11H2,1H3,(H,22,24)(H2,19,20,25). The first-order chi connectivity index (χ1) is 12.2. The van der Waals surface area contributed by atoms with E-state index in [9.17, 15) is 9.59 Å². The molecule has 3 amide bonds. The van der Waals surface area contributed by atoms with Crippen LogP contribution in [0.4, 0.5) is 10.5 Å². The largest absolute Gasteiger partial charge is 0.341 e. The van der Waals surface area contributed by atoms with E-state index in [2.05, 4.69) is 21.0 Å². The smallest absolute Gasteiger partial charge is 0.314 e. The van der Waals surface area contributed by atoms with Crippen molar-refractivity contribution in [1.82, 2.24) is 20.4 Å². The minimum atomic E-state index is -0.302. The summed E-state index contributed by atoms with van der Waals surface area (Å²) in [7, 11) is 1.53. The van der Waals surface area contributed by atoms with Gasteiger partial charge in [0.25, 0.3) is 0 Å². The summed E-state index contributed by atoms with van der Waals surface area (Å²) in [6.07, 6.45) is 2.03. The van der Waals surface area contributed by atoms with Gasteiger partial charge in [0.2, 0.25) is 5.91 Å². The molecule has 0 fully saturated rings. The molecule has 0 unspecified atom stereocenters. The number of urea groups is 1. The summed E-state index contributed by atoms with van der Waals surface area (Å²) in [5.41, 5.74) is 2.64. The molecule has 1 aromatic heterocycles. The summed E-state index contributed by atoms with van der Waals surface area (Å²) in [6, 6.07) is 15.1. The molecule has 3 aromatic rings. The van der Waals surface area contributed by atoms with Crippen LogP contribution in [0.1, 0.15) is 6.42 Å². The molecular weight excluding hydrogens is 318 g/mol. The van der Waals surface area contributed by atoms with Crippen LogP contribution in [-0.4, -0.2) is 35.3 Å². The zero-order valence-corrected chi connectivity index (χ0v) is 13.8. The van der Waals surface area contributed by atoms with Crippen molar-refractivity contribution in [3.05, 3.63) is 54.7 Å². The highest BCUT2D eigenvalue weighted by Crippen LogP contribution is 2.19. The van der Waals surface area contributed by atoms with Crippen molar-refractivity contribution in [3.63, 3.8) is 0 Å². The third-order valence-electron chi connectivity index (χ3n) is 3.74. The minimum absolute atomic E-state index is 0.159. The number of hydrogen-bond acceptors (Lipinski definition) is 3. The number of nitrogens with one attached hydrogen (secondary N) is 3. The number of amides is 3. The van der Waals surface area contributed by atoms with Gasteiger partial charge in [-0.3, -0.25) is 4.79 Å². The third-order valence-corrected chi connectivity index (χ3v) is 3.74. The van der Waals surface area contributed by atoms with E-state index in [1.54, 1.807) is 0 Å². The van der Waals surface area contributed by atoms with Crippen LogP contribution in [0.25, 0.3) is 16.6 Å². The molecule has 1 heterocycles. The van der Waals surface area contributed by atoms with Gasteiger partial charge in [-0.15, -0.1) is 0 Å². The Morgan fingerprint density at radius 1 is 1.08 bits per heavy atom. The summed E-state index contributed by atoms with van der Waals surface area (Å²) >= 11 is 0. The molecule has 3 N–H and O–H groups in total. The van der Waals surface area contributed by atoms with Crippen molar-refractivity contribution < 1.29 is 9.59 Å². The van der Waals surface area contributed by atoms with E-state index in [0.29, 0.717) is 5.69 Å². The molecule has 0 atom stereocenters. The van der Waals surface area contributed by atoms with Gasteiger partial charge in [0.05, 0.1) is 17.4 Å². The van der Waals surface area contributed by atoms with Crippen molar-refractivity contribution in [2.75, 3.05) is 18.9 Å². The Bertz CT molecular complexity index is 886. The molecule has 3 rings (SSSR count). The number of carbonyl (C=O) groups is 2. The quantitative estimate of drug-likeness (QED) is 0.667. The maximum Gasteiger partial charge on any atom is 0.314 e. The molecule has 2 aromatic carbocycles. The van der Waals surface area contributed by atoms with Crippen molar-refractivity contribution in [1.29, 1.82) is 0 Å². The van der Waals surface area contributed by atoms with Gasteiger partial charge in [-0.2, -0.15) is 5.10 Å². The number of nitrogens with zero attached hydrogens (tertiary/aromatic N) is 2. The number of fused-ring (bicyclic) bond motifs is 1. The first kappa shape index (κ1) is 16.5. The highest BCUT2D eigenvalue weighted by Gasteiger charge is 2.06. The fourth-order valence-electron chi connectivity index (χ4n) is 2.46. The molecule has 0 saturated carbocycles. The second-order valence-electron chi connectivity index (χ2n) is 5.47. The van der Waals surface area contributed by atoms with Crippen molar-refractivity contribution >= 4 is 28.5 Å². The van der Waals surface area contributed by atoms with E-state index in [4.69, 9.17) is 0 Å². The maximum absolute atomic E-state index is 11.9. The van der Waals surface area contributed by atoms with Gasteiger partial charge in [0.15, 0.2) is 0 Å². The molecule has 0 saturated heterocycles. The van der Waals surface area contributed by atoms with Crippen molar-refractivity contribution in [3.8, 4) is 5.69 Å². The van der Waals surface area contributed by atoms with Crippen molar-refractivity contribution in [2.45, 2.75) is 6.42 Å². The van der Waals surface area contributed by atoms with Crippen LogP contribution >= 0.6 is 0 Å². The lowest BCUT2D eigenvalue weighted by Gasteiger charge is -2.08. The monoisotopic (exact) mass is 337 g/mol. The fraction of sp³-hybridized carbons (Fsp3) is 0.167. The van der Waals surface area contributed by atoms with E-state index in [1.807, 2.05) is 59.4 Å². The molecule has 0 aliphatic rings. The van der Waals surface area contributed by atoms with E-state index in [1.165, 1.54) is 7.05 Å². The number of hydrogen-bond donors (Lipinski definition) is 3. The Kier molecular flexibility index (Phi) is 4.94. The summed E-state index contributed by atoms with van der Waals surface area (Å²) in [4.78, 5) is 22.9. The number of rotatable bonds is 5. The van der Waals surface area contributed by atoms with Crippen LogP contribution < -0.4 is 16.0 Å². The molecule has 0 aliphatic carbocycles. The van der Waals surface area contributed by atoms with Crippen molar-refractivity contribution in [2.24, 2.45) is 0 Å². The zero-order chi connectivity index (χ0) is 17.6. The predicted octanol–water partition coefficient (Wildman–Crippen LogP) is 2.28. The molecule has 0 bridgehead atoms. The molecule has 0 radical (unpaired) electrons. The average Bonchev–Trinajstić information content (AvgIpc) is 3.06. The second kappa shape index (κ2) is 7.48. The lowest BCUT2D eigenvalue weighted by atomic mass is 10.2. The lowest BCUT2D eigenvalue weighted by molar-refractivity contribution is -0.116.